The number of aryl methyl sites for hydroxylation is 1. The van der Waals surface area contributed by atoms with Gasteiger partial charge in [-0.25, -0.2) is 4.79 Å². The van der Waals surface area contributed by atoms with Crippen LogP contribution in [0.3, 0.4) is 0 Å². The number of rotatable bonds is 4. The maximum atomic E-state index is 11.5. The van der Waals surface area contributed by atoms with Gasteiger partial charge < -0.3 is 9.30 Å². The van der Waals surface area contributed by atoms with Crippen molar-refractivity contribution >= 4 is 33.7 Å². The SMILES string of the molecule is COC(=O)/C=C/c1cccc2c1c(Cc1ccc3ccccc3c1)cn2C. The van der Waals surface area contributed by atoms with Crippen LogP contribution < -0.4 is 0 Å². The molecule has 0 aliphatic carbocycles. The Morgan fingerprint density at radius 2 is 1.85 bits per heavy atom. The van der Waals surface area contributed by atoms with Crippen LogP contribution in [0.25, 0.3) is 27.8 Å². The first kappa shape index (κ1) is 17.1. The third-order valence-corrected chi connectivity index (χ3v) is 4.93. The number of esters is 1. The molecule has 0 spiro atoms. The average Bonchev–Trinajstić information content (AvgIpc) is 3.02. The number of nitrogens with zero attached hydrogens (tertiary/aromatic N) is 1. The van der Waals surface area contributed by atoms with Crippen molar-refractivity contribution in [3.05, 3.63) is 89.6 Å². The Hall–Kier alpha value is -3.33. The Labute approximate surface area is 158 Å². The summed E-state index contributed by atoms with van der Waals surface area (Å²) in [6, 6.07) is 21.2. The fourth-order valence-electron chi connectivity index (χ4n) is 3.64. The number of aromatic nitrogens is 1. The van der Waals surface area contributed by atoms with Crippen molar-refractivity contribution in [2.75, 3.05) is 7.11 Å². The first-order valence-electron chi connectivity index (χ1n) is 8.96. The monoisotopic (exact) mass is 355 g/mol. The van der Waals surface area contributed by atoms with Crippen molar-refractivity contribution in [1.82, 2.24) is 4.57 Å². The Bertz CT molecular complexity index is 1170. The van der Waals surface area contributed by atoms with Crippen molar-refractivity contribution in [2.45, 2.75) is 6.42 Å². The maximum absolute atomic E-state index is 11.5. The molecule has 0 aliphatic rings. The van der Waals surface area contributed by atoms with Crippen LogP contribution in [-0.4, -0.2) is 17.6 Å². The van der Waals surface area contributed by atoms with E-state index in [1.807, 2.05) is 18.2 Å². The number of carbonyl (C=O) groups excluding carboxylic acids is 1. The molecule has 3 heteroatoms. The summed E-state index contributed by atoms with van der Waals surface area (Å²) in [4.78, 5) is 11.5. The molecule has 0 unspecified atom stereocenters. The van der Waals surface area contributed by atoms with Crippen LogP contribution in [0.1, 0.15) is 16.7 Å². The Morgan fingerprint density at radius 1 is 1.04 bits per heavy atom. The quantitative estimate of drug-likeness (QED) is 0.376. The van der Waals surface area contributed by atoms with Crippen molar-refractivity contribution in [3.8, 4) is 0 Å². The molecule has 4 rings (SSSR count). The van der Waals surface area contributed by atoms with E-state index in [9.17, 15) is 4.79 Å². The minimum absolute atomic E-state index is 0.348. The lowest BCUT2D eigenvalue weighted by atomic mass is 9.98. The predicted molar refractivity (Wildman–Crippen MR) is 111 cm³/mol. The zero-order valence-electron chi connectivity index (χ0n) is 15.5. The van der Waals surface area contributed by atoms with Gasteiger partial charge in [0, 0.05) is 30.2 Å². The molecule has 1 heterocycles. The fourth-order valence-corrected chi connectivity index (χ4v) is 3.64. The molecule has 0 aliphatic heterocycles. The summed E-state index contributed by atoms with van der Waals surface area (Å²) in [6.45, 7) is 0. The summed E-state index contributed by atoms with van der Waals surface area (Å²) >= 11 is 0. The second kappa shape index (κ2) is 7.12. The van der Waals surface area contributed by atoms with Crippen LogP contribution in [0, 0.1) is 0 Å². The van der Waals surface area contributed by atoms with Crippen LogP contribution in [0.5, 0.6) is 0 Å². The number of fused-ring (bicyclic) bond motifs is 2. The molecule has 4 aromatic rings. The van der Waals surface area contributed by atoms with Gasteiger partial charge in [-0.1, -0.05) is 54.6 Å². The molecule has 0 amide bonds. The fraction of sp³-hybridized carbons (Fsp3) is 0.125. The molecule has 27 heavy (non-hydrogen) atoms. The van der Waals surface area contributed by atoms with Gasteiger partial charge in [-0.15, -0.1) is 0 Å². The molecule has 3 nitrogen and oxygen atoms in total. The minimum atomic E-state index is -0.348. The van der Waals surface area contributed by atoms with Crippen molar-refractivity contribution < 1.29 is 9.53 Å². The van der Waals surface area contributed by atoms with E-state index in [-0.39, 0.29) is 5.97 Å². The normalized spacial score (nSPS) is 11.5. The molecule has 0 N–H and O–H groups in total. The lowest BCUT2D eigenvalue weighted by molar-refractivity contribution is -0.134. The van der Waals surface area contributed by atoms with Gasteiger partial charge in [-0.05, 0) is 46.0 Å². The number of carbonyl (C=O) groups is 1. The third kappa shape index (κ3) is 3.36. The van der Waals surface area contributed by atoms with Crippen molar-refractivity contribution in [1.29, 1.82) is 0 Å². The molecule has 0 bridgehead atoms. The Balaban J connectivity index is 1.78. The van der Waals surface area contributed by atoms with Crippen LogP contribution in [0.4, 0.5) is 0 Å². The highest BCUT2D eigenvalue weighted by Crippen LogP contribution is 2.28. The van der Waals surface area contributed by atoms with E-state index >= 15 is 0 Å². The van der Waals surface area contributed by atoms with Gasteiger partial charge in [0.1, 0.15) is 0 Å². The van der Waals surface area contributed by atoms with Gasteiger partial charge in [0.05, 0.1) is 7.11 Å². The second-order valence-electron chi connectivity index (χ2n) is 6.72. The molecular weight excluding hydrogens is 334 g/mol. The Kier molecular flexibility index (Phi) is 4.51. The highest BCUT2D eigenvalue weighted by molar-refractivity contribution is 5.96. The molecule has 134 valence electrons. The maximum Gasteiger partial charge on any atom is 0.330 e. The van der Waals surface area contributed by atoms with E-state index in [4.69, 9.17) is 4.74 Å². The zero-order chi connectivity index (χ0) is 18.8. The van der Waals surface area contributed by atoms with E-state index < -0.39 is 0 Å². The summed E-state index contributed by atoms with van der Waals surface area (Å²) in [5, 5.41) is 3.68. The topological polar surface area (TPSA) is 31.2 Å². The van der Waals surface area contributed by atoms with E-state index in [0.717, 1.165) is 17.5 Å². The minimum Gasteiger partial charge on any atom is -0.466 e. The van der Waals surface area contributed by atoms with Crippen LogP contribution in [-0.2, 0) is 23.0 Å². The molecule has 3 aromatic carbocycles. The number of hydrogen-bond donors (Lipinski definition) is 0. The van der Waals surface area contributed by atoms with Crippen LogP contribution in [0.2, 0.25) is 0 Å². The van der Waals surface area contributed by atoms with E-state index in [1.54, 1.807) is 0 Å². The summed E-state index contributed by atoms with van der Waals surface area (Å²) in [7, 11) is 3.45. The number of hydrogen-bond acceptors (Lipinski definition) is 2. The largest absolute Gasteiger partial charge is 0.466 e. The van der Waals surface area contributed by atoms with Gasteiger partial charge in [0.2, 0.25) is 0 Å². The van der Waals surface area contributed by atoms with E-state index in [1.165, 1.54) is 40.5 Å². The Morgan fingerprint density at radius 3 is 2.67 bits per heavy atom. The lowest BCUT2D eigenvalue weighted by Gasteiger charge is -2.05. The smallest absolute Gasteiger partial charge is 0.330 e. The van der Waals surface area contributed by atoms with Gasteiger partial charge >= 0.3 is 5.97 Å². The van der Waals surface area contributed by atoms with Gasteiger partial charge in [0.15, 0.2) is 0 Å². The molecule has 1 aromatic heterocycles. The summed E-state index contributed by atoms with van der Waals surface area (Å²) in [6.07, 6.45) is 6.32. The van der Waals surface area contributed by atoms with Gasteiger partial charge in [-0.3, -0.25) is 0 Å². The lowest BCUT2D eigenvalue weighted by Crippen LogP contribution is -1.93. The summed E-state index contributed by atoms with van der Waals surface area (Å²) in [5.74, 6) is -0.348. The number of benzene rings is 3. The first-order chi connectivity index (χ1) is 13.2. The summed E-state index contributed by atoms with van der Waals surface area (Å²) in [5.41, 5.74) is 4.69. The molecule has 0 saturated carbocycles. The standard InChI is InChI=1S/C24H21NO2/c1-25-16-21(15-17-10-11-18-6-3-4-7-20(18)14-17)24-19(8-5-9-22(24)25)12-13-23(26)27-2/h3-14,16H,15H2,1-2H3/b13-12+. The molecule has 0 radical (unpaired) electrons. The van der Waals surface area contributed by atoms with Crippen molar-refractivity contribution in [2.24, 2.45) is 7.05 Å². The van der Waals surface area contributed by atoms with Crippen LogP contribution in [0.15, 0.2) is 72.9 Å². The molecule has 0 fully saturated rings. The first-order valence-corrected chi connectivity index (χ1v) is 8.96. The van der Waals surface area contributed by atoms with Gasteiger partial charge in [0.25, 0.3) is 0 Å². The number of ether oxygens (including phenoxy) is 1. The highest BCUT2D eigenvalue weighted by atomic mass is 16.5. The van der Waals surface area contributed by atoms with E-state index in [2.05, 4.69) is 66.3 Å². The van der Waals surface area contributed by atoms with Crippen molar-refractivity contribution in [3.63, 3.8) is 0 Å². The molecule has 0 atom stereocenters. The average molecular weight is 355 g/mol. The highest BCUT2D eigenvalue weighted by Gasteiger charge is 2.11. The molecule has 0 saturated heterocycles. The third-order valence-electron chi connectivity index (χ3n) is 4.93. The zero-order valence-corrected chi connectivity index (χ0v) is 15.5. The van der Waals surface area contributed by atoms with E-state index in [0.29, 0.717) is 0 Å². The predicted octanol–water partition coefficient (Wildman–Crippen LogP) is 5.11. The van der Waals surface area contributed by atoms with Crippen LogP contribution >= 0.6 is 0 Å². The number of methoxy groups -OCH3 is 1. The molecular formula is C24H21NO2. The second-order valence-corrected chi connectivity index (χ2v) is 6.72. The summed E-state index contributed by atoms with van der Waals surface area (Å²) < 4.78 is 6.87. The van der Waals surface area contributed by atoms with Gasteiger partial charge in [-0.2, -0.15) is 0 Å².